The van der Waals surface area contributed by atoms with Crippen molar-refractivity contribution in [3.05, 3.63) is 83.9 Å². The van der Waals surface area contributed by atoms with Crippen LogP contribution in [0.15, 0.2) is 77.7 Å². The number of nitrogens with one attached hydrogen (secondary N) is 1. The number of aryl methyl sites for hydroxylation is 2. The molecular weight excluding hydrogens is 440 g/mol. The molecule has 0 bridgehead atoms. The Bertz CT molecular complexity index is 1240. The van der Waals surface area contributed by atoms with Crippen LogP contribution in [0.5, 0.6) is 11.5 Å². The van der Waals surface area contributed by atoms with Crippen LogP contribution >= 0.6 is 0 Å². The molecule has 1 heterocycles. The predicted molar refractivity (Wildman–Crippen MR) is 126 cm³/mol. The van der Waals surface area contributed by atoms with Crippen molar-refractivity contribution in [1.29, 1.82) is 0 Å². The number of sulfonamides is 1. The van der Waals surface area contributed by atoms with Crippen molar-refractivity contribution in [3.8, 4) is 11.5 Å². The molecule has 33 heavy (non-hydrogen) atoms. The first kappa shape index (κ1) is 22.7. The quantitative estimate of drug-likeness (QED) is 0.577. The summed E-state index contributed by atoms with van der Waals surface area (Å²) in [4.78, 5) is 13.0. The Hall–Kier alpha value is -3.52. The summed E-state index contributed by atoms with van der Waals surface area (Å²) >= 11 is 0. The van der Waals surface area contributed by atoms with Crippen molar-refractivity contribution < 1.29 is 22.7 Å². The largest absolute Gasteiger partial charge is 0.486 e. The highest BCUT2D eigenvalue weighted by atomic mass is 32.2. The second kappa shape index (κ2) is 9.54. The van der Waals surface area contributed by atoms with Gasteiger partial charge in [-0.1, -0.05) is 48.0 Å². The summed E-state index contributed by atoms with van der Waals surface area (Å²) in [7, 11) is -3.96. The first-order valence-corrected chi connectivity index (χ1v) is 12.1. The number of ether oxygens (including phenoxy) is 2. The van der Waals surface area contributed by atoms with Crippen molar-refractivity contribution in [2.45, 2.75) is 24.8 Å². The lowest BCUT2D eigenvalue weighted by atomic mass is 10.2. The maximum atomic E-state index is 13.5. The molecule has 0 saturated carbocycles. The van der Waals surface area contributed by atoms with Gasteiger partial charge in [-0.15, -0.1) is 0 Å². The van der Waals surface area contributed by atoms with Crippen LogP contribution < -0.4 is 19.1 Å². The normalized spacial score (nSPS) is 15.0. The molecule has 0 radical (unpaired) electrons. The standard InChI is InChI=1S/C25H26N2O5S/c1-18-11-13-21(14-12-18)33(29,30)27(22-8-4-3-7-19(22)2)16-25(28)26-15-20-17-31-23-9-5-6-10-24(23)32-20/h3-14,20H,15-17H2,1-2H3,(H,26,28). The van der Waals surface area contributed by atoms with Crippen molar-refractivity contribution in [2.24, 2.45) is 0 Å². The van der Waals surface area contributed by atoms with E-state index >= 15 is 0 Å². The van der Waals surface area contributed by atoms with Gasteiger partial charge in [0.2, 0.25) is 5.91 Å². The Morgan fingerprint density at radius 1 is 0.970 bits per heavy atom. The van der Waals surface area contributed by atoms with Crippen LogP contribution in [0.4, 0.5) is 5.69 Å². The Balaban J connectivity index is 1.50. The third-order valence-corrected chi connectivity index (χ3v) is 7.15. The highest BCUT2D eigenvalue weighted by molar-refractivity contribution is 7.92. The number of carbonyl (C=O) groups excluding carboxylic acids is 1. The predicted octanol–water partition coefficient (Wildman–Crippen LogP) is 3.45. The van der Waals surface area contributed by atoms with E-state index in [0.717, 1.165) is 15.4 Å². The van der Waals surface area contributed by atoms with Gasteiger partial charge >= 0.3 is 0 Å². The number of para-hydroxylation sites is 3. The average Bonchev–Trinajstić information content (AvgIpc) is 2.82. The second-order valence-corrected chi connectivity index (χ2v) is 9.78. The Kier molecular flexibility index (Phi) is 6.55. The Morgan fingerprint density at radius 3 is 2.36 bits per heavy atom. The summed E-state index contributed by atoms with van der Waals surface area (Å²) in [6, 6.07) is 21.0. The lowest BCUT2D eigenvalue weighted by molar-refractivity contribution is -0.120. The van der Waals surface area contributed by atoms with Gasteiger partial charge in [0, 0.05) is 0 Å². The van der Waals surface area contributed by atoms with E-state index in [0.29, 0.717) is 23.8 Å². The van der Waals surface area contributed by atoms with E-state index in [-0.39, 0.29) is 24.1 Å². The maximum Gasteiger partial charge on any atom is 0.264 e. The molecule has 0 spiro atoms. The number of amides is 1. The number of fused-ring (bicyclic) bond motifs is 1. The summed E-state index contributed by atoms with van der Waals surface area (Å²) in [5.41, 5.74) is 2.16. The number of rotatable bonds is 7. The van der Waals surface area contributed by atoms with Crippen LogP contribution in [0, 0.1) is 13.8 Å². The van der Waals surface area contributed by atoms with E-state index in [1.807, 2.05) is 44.2 Å². The van der Waals surface area contributed by atoms with Crippen molar-refractivity contribution in [2.75, 3.05) is 24.0 Å². The maximum absolute atomic E-state index is 13.5. The zero-order valence-electron chi connectivity index (χ0n) is 18.5. The highest BCUT2D eigenvalue weighted by Crippen LogP contribution is 2.31. The van der Waals surface area contributed by atoms with Gasteiger partial charge < -0.3 is 14.8 Å². The summed E-state index contributed by atoms with van der Waals surface area (Å²) in [6.07, 6.45) is -0.371. The van der Waals surface area contributed by atoms with Gasteiger partial charge in [0.25, 0.3) is 10.0 Å². The number of nitrogens with zero attached hydrogens (tertiary/aromatic N) is 1. The third kappa shape index (κ3) is 5.12. The van der Waals surface area contributed by atoms with E-state index in [2.05, 4.69) is 5.32 Å². The first-order valence-electron chi connectivity index (χ1n) is 10.6. The fourth-order valence-electron chi connectivity index (χ4n) is 3.56. The molecule has 3 aromatic carbocycles. The third-order valence-electron chi connectivity index (χ3n) is 5.37. The van der Waals surface area contributed by atoms with Gasteiger partial charge in [0.15, 0.2) is 11.5 Å². The topological polar surface area (TPSA) is 84.9 Å². The van der Waals surface area contributed by atoms with Gasteiger partial charge in [-0.05, 0) is 49.7 Å². The van der Waals surface area contributed by atoms with Crippen molar-refractivity contribution in [1.82, 2.24) is 5.32 Å². The smallest absolute Gasteiger partial charge is 0.264 e. The van der Waals surface area contributed by atoms with Crippen LogP contribution in [0.2, 0.25) is 0 Å². The fraction of sp³-hybridized carbons (Fsp3) is 0.240. The minimum atomic E-state index is -3.96. The zero-order valence-corrected chi connectivity index (χ0v) is 19.3. The molecular formula is C25H26N2O5S. The number of benzene rings is 3. The molecule has 0 fully saturated rings. The van der Waals surface area contributed by atoms with E-state index in [1.165, 1.54) is 0 Å². The van der Waals surface area contributed by atoms with Crippen LogP contribution in [0.3, 0.4) is 0 Å². The Morgan fingerprint density at radius 2 is 1.64 bits per heavy atom. The van der Waals surface area contributed by atoms with Crippen LogP contribution in [0.25, 0.3) is 0 Å². The molecule has 0 aliphatic carbocycles. The molecule has 0 aromatic heterocycles. The van der Waals surface area contributed by atoms with Crippen LogP contribution in [-0.2, 0) is 14.8 Å². The SMILES string of the molecule is Cc1ccc(S(=O)(=O)N(CC(=O)NCC2COc3ccccc3O2)c2ccccc2C)cc1. The molecule has 1 unspecified atom stereocenters. The molecule has 172 valence electrons. The van der Waals surface area contributed by atoms with Gasteiger partial charge in [-0.2, -0.15) is 0 Å². The minimum absolute atomic E-state index is 0.129. The molecule has 3 aromatic rings. The van der Waals surface area contributed by atoms with Gasteiger partial charge in [0.1, 0.15) is 19.3 Å². The van der Waals surface area contributed by atoms with E-state index in [1.54, 1.807) is 42.5 Å². The minimum Gasteiger partial charge on any atom is -0.486 e. The molecule has 1 aliphatic heterocycles. The highest BCUT2D eigenvalue weighted by Gasteiger charge is 2.29. The molecule has 1 N–H and O–H groups in total. The molecule has 8 heteroatoms. The van der Waals surface area contributed by atoms with Crippen molar-refractivity contribution in [3.63, 3.8) is 0 Å². The molecule has 7 nitrogen and oxygen atoms in total. The number of carbonyl (C=O) groups is 1. The summed E-state index contributed by atoms with van der Waals surface area (Å²) in [5, 5.41) is 2.79. The van der Waals surface area contributed by atoms with Crippen LogP contribution in [-0.4, -0.2) is 40.1 Å². The molecule has 4 rings (SSSR count). The summed E-state index contributed by atoms with van der Waals surface area (Å²) < 4.78 is 39.6. The number of hydrogen-bond donors (Lipinski definition) is 1. The first-order chi connectivity index (χ1) is 15.8. The fourth-order valence-corrected chi connectivity index (χ4v) is 5.04. The summed E-state index contributed by atoms with van der Waals surface area (Å²) in [5.74, 6) is 0.845. The number of anilines is 1. The number of hydrogen-bond acceptors (Lipinski definition) is 5. The van der Waals surface area contributed by atoms with Gasteiger partial charge in [-0.3, -0.25) is 9.10 Å². The lowest BCUT2D eigenvalue weighted by Gasteiger charge is -2.28. The average molecular weight is 467 g/mol. The van der Waals surface area contributed by atoms with Gasteiger partial charge in [0.05, 0.1) is 17.1 Å². The monoisotopic (exact) mass is 466 g/mol. The Labute approximate surface area is 194 Å². The lowest BCUT2D eigenvalue weighted by Crippen LogP contribution is -2.45. The van der Waals surface area contributed by atoms with Crippen molar-refractivity contribution >= 4 is 21.6 Å². The van der Waals surface area contributed by atoms with Gasteiger partial charge in [-0.25, -0.2) is 8.42 Å². The van der Waals surface area contributed by atoms with Crippen LogP contribution in [0.1, 0.15) is 11.1 Å². The molecule has 1 amide bonds. The van der Waals surface area contributed by atoms with E-state index in [9.17, 15) is 13.2 Å². The zero-order chi connectivity index (χ0) is 23.4. The van der Waals surface area contributed by atoms with E-state index < -0.39 is 15.9 Å². The van der Waals surface area contributed by atoms with E-state index in [4.69, 9.17) is 9.47 Å². The molecule has 1 aliphatic rings. The second-order valence-electron chi connectivity index (χ2n) is 7.91. The molecule has 1 atom stereocenters. The summed E-state index contributed by atoms with van der Waals surface area (Å²) in [6.45, 7) is 3.83. The molecule has 0 saturated heterocycles.